The maximum Gasteiger partial charge on any atom is 0.248 e. The highest BCUT2D eigenvalue weighted by Gasteiger charge is 2.15. The van der Waals surface area contributed by atoms with Crippen LogP contribution in [0.2, 0.25) is 0 Å². The first kappa shape index (κ1) is 24.2. The number of fused-ring (bicyclic) bond motifs is 1. The summed E-state index contributed by atoms with van der Waals surface area (Å²) in [6, 6.07) is 14.1. The molecule has 32 heavy (non-hydrogen) atoms. The van der Waals surface area contributed by atoms with Gasteiger partial charge in [0.2, 0.25) is 5.91 Å². The molecule has 0 N–H and O–H groups in total. The molecule has 1 heterocycles. The van der Waals surface area contributed by atoms with Crippen molar-refractivity contribution in [2.75, 3.05) is 25.6 Å². The molecule has 0 saturated carbocycles. The molecule has 0 atom stereocenters. The Labute approximate surface area is 192 Å². The fraction of sp³-hybridized carbons (Fsp3) is 0.391. The number of amides is 1. The zero-order valence-electron chi connectivity index (χ0n) is 18.3. The van der Waals surface area contributed by atoms with Gasteiger partial charge in [-0.3, -0.25) is 4.79 Å². The molecule has 0 fully saturated rings. The first-order valence-corrected chi connectivity index (χ1v) is 13.1. The molecule has 172 valence electrons. The average molecular weight is 477 g/mol. The minimum absolute atomic E-state index is 0.0654. The minimum Gasteiger partial charge on any atom is -0.494 e. The zero-order valence-corrected chi connectivity index (χ0v) is 20.0. The van der Waals surface area contributed by atoms with Crippen LogP contribution < -0.4 is 9.54 Å². The van der Waals surface area contributed by atoms with Crippen molar-refractivity contribution < 1.29 is 22.7 Å². The van der Waals surface area contributed by atoms with Crippen LogP contribution in [-0.4, -0.2) is 44.5 Å². The van der Waals surface area contributed by atoms with Crippen LogP contribution >= 0.6 is 11.3 Å². The Morgan fingerprint density at radius 1 is 1.09 bits per heavy atom. The first-order chi connectivity index (χ1) is 15.4. The maximum absolute atomic E-state index is 12.5. The summed E-state index contributed by atoms with van der Waals surface area (Å²) in [6.07, 6.45) is 0.286. The summed E-state index contributed by atoms with van der Waals surface area (Å²) in [5.74, 6) is 0.337. The number of nitrogens with zero attached hydrogens (tertiary/aromatic N) is 2. The molecule has 0 bridgehead atoms. The number of aromatic nitrogens is 1. The Kier molecular flexibility index (Phi) is 8.60. The Bertz CT molecular complexity index is 1210. The molecule has 2 aromatic carbocycles. The van der Waals surface area contributed by atoms with Crippen LogP contribution in [0.3, 0.4) is 0 Å². The third-order valence-electron chi connectivity index (χ3n) is 4.75. The van der Waals surface area contributed by atoms with Gasteiger partial charge in [0.1, 0.15) is 5.75 Å². The summed E-state index contributed by atoms with van der Waals surface area (Å²) in [4.78, 5) is 17.7. The van der Waals surface area contributed by atoms with E-state index in [0.717, 1.165) is 16.0 Å². The predicted octanol–water partition coefficient (Wildman–Crippen LogP) is 3.82. The van der Waals surface area contributed by atoms with Gasteiger partial charge in [-0.25, -0.2) is 8.42 Å². The summed E-state index contributed by atoms with van der Waals surface area (Å²) in [5, 5.41) is 0. The van der Waals surface area contributed by atoms with Crippen LogP contribution in [0.5, 0.6) is 5.75 Å². The second kappa shape index (κ2) is 11.4. The molecule has 0 spiro atoms. The van der Waals surface area contributed by atoms with Gasteiger partial charge in [0.25, 0.3) is 0 Å². The predicted molar refractivity (Wildman–Crippen MR) is 126 cm³/mol. The van der Waals surface area contributed by atoms with Crippen LogP contribution in [0.1, 0.15) is 26.7 Å². The molecule has 9 heteroatoms. The van der Waals surface area contributed by atoms with Crippen molar-refractivity contribution in [3.63, 3.8) is 0 Å². The highest BCUT2D eigenvalue weighted by Crippen LogP contribution is 2.23. The first-order valence-electron chi connectivity index (χ1n) is 10.6. The van der Waals surface area contributed by atoms with Crippen molar-refractivity contribution in [2.45, 2.75) is 38.1 Å². The second-order valence-electron chi connectivity index (χ2n) is 7.04. The number of ether oxygens (including phenoxy) is 2. The van der Waals surface area contributed by atoms with Gasteiger partial charge in [-0.15, -0.1) is 0 Å². The monoisotopic (exact) mass is 476 g/mol. The number of hydrogen-bond donors (Lipinski definition) is 0. The summed E-state index contributed by atoms with van der Waals surface area (Å²) >= 11 is 1.41. The normalized spacial score (nSPS) is 12.4. The number of sulfone groups is 1. The van der Waals surface area contributed by atoms with Gasteiger partial charge in [-0.1, -0.05) is 29.5 Å². The van der Waals surface area contributed by atoms with Gasteiger partial charge in [-0.05, 0) is 50.6 Å². The van der Waals surface area contributed by atoms with Crippen LogP contribution in [-0.2, 0) is 25.9 Å². The molecule has 1 amide bonds. The summed E-state index contributed by atoms with van der Waals surface area (Å²) in [7, 11) is -3.41. The van der Waals surface area contributed by atoms with Crippen molar-refractivity contribution in [1.29, 1.82) is 0 Å². The Morgan fingerprint density at radius 2 is 1.88 bits per heavy atom. The number of thiazole rings is 1. The smallest absolute Gasteiger partial charge is 0.248 e. The lowest BCUT2D eigenvalue weighted by atomic mass is 10.3. The lowest BCUT2D eigenvalue weighted by Crippen LogP contribution is -2.20. The van der Waals surface area contributed by atoms with E-state index in [-0.39, 0.29) is 29.4 Å². The van der Waals surface area contributed by atoms with Crippen LogP contribution in [0.4, 0.5) is 0 Å². The lowest BCUT2D eigenvalue weighted by Gasteiger charge is -2.06. The topological polar surface area (TPSA) is 87.0 Å². The van der Waals surface area contributed by atoms with Gasteiger partial charge in [0, 0.05) is 19.6 Å². The Morgan fingerprint density at radius 3 is 2.59 bits per heavy atom. The van der Waals surface area contributed by atoms with E-state index >= 15 is 0 Å². The molecule has 0 radical (unpaired) electrons. The molecule has 0 saturated heterocycles. The third-order valence-corrected chi connectivity index (χ3v) is 7.61. The highest BCUT2D eigenvalue weighted by atomic mass is 32.2. The molecular weight excluding hydrogens is 448 g/mol. The van der Waals surface area contributed by atoms with Gasteiger partial charge in [0.15, 0.2) is 14.6 Å². The lowest BCUT2D eigenvalue weighted by molar-refractivity contribution is -0.118. The number of benzene rings is 2. The summed E-state index contributed by atoms with van der Waals surface area (Å²) in [6.45, 7) is 6.12. The molecule has 3 rings (SSSR count). The number of carbonyl (C=O) groups excluding carboxylic acids is 1. The van der Waals surface area contributed by atoms with Crippen molar-refractivity contribution in [3.8, 4) is 5.75 Å². The molecule has 0 unspecified atom stereocenters. The van der Waals surface area contributed by atoms with E-state index < -0.39 is 9.84 Å². The van der Waals surface area contributed by atoms with Gasteiger partial charge in [0.05, 0.1) is 34.1 Å². The van der Waals surface area contributed by atoms with Crippen molar-refractivity contribution in [1.82, 2.24) is 4.57 Å². The third kappa shape index (κ3) is 6.27. The molecule has 3 aromatic rings. The van der Waals surface area contributed by atoms with Gasteiger partial charge < -0.3 is 14.0 Å². The maximum atomic E-state index is 12.5. The standard InChI is InChI=1S/C23H28N2O5S2/c1-3-29-15-14-25-20-13-12-18(30-4-2)17-21(20)31-23(25)24-22(26)11-8-16-32(27,28)19-9-6-5-7-10-19/h5-7,9-10,12-13,17H,3-4,8,11,14-16H2,1-2H3. The van der Waals surface area contributed by atoms with Crippen molar-refractivity contribution in [3.05, 3.63) is 53.3 Å². The minimum atomic E-state index is -3.41. The van der Waals surface area contributed by atoms with E-state index in [1.807, 2.05) is 36.6 Å². The van der Waals surface area contributed by atoms with Gasteiger partial charge >= 0.3 is 0 Å². The van der Waals surface area contributed by atoms with E-state index in [1.54, 1.807) is 30.3 Å². The number of hydrogen-bond acceptors (Lipinski definition) is 6. The van der Waals surface area contributed by atoms with Crippen LogP contribution in [0.15, 0.2) is 58.4 Å². The largest absolute Gasteiger partial charge is 0.494 e. The van der Waals surface area contributed by atoms with E-state index in [4.69, 9.17) is 9.47 Å². The Hall–Kier alpha value is -2.49. The highest BCUT2D eigenvalue weighted by molar-refractivity contribution is 7.91. The molecule has 0 aliphatic heterocycles. The number of carbonyl (C=O) groups is 1. The van der Waals surface area contributed by atoms with E-state index in [2.05, 4.69) is 4.99 Å². The number of rotatable bonds is 11. The molecule has 7 nitrogen and oxygen atoms in total. The SMILES string of the molecule is CCOCCn1c(=NC(=O)CCCS(=O)(=O)c2ccccc2)sc2cc(OCC)ccc21. The van der Waals surface area contributed by atoms with E-state index in [0.29, 0.717) is 31.2 Å². The van der Waals surface area contributed by atoms with E-state index in [1.165, 1.54) is 11.3 Å². The second-order valence-corrected chi connectivity index (χ2v) is 10.2. The van der Waals surface area contributed by atoms with E-state index in [9.17, 15) is 13.2 Å². The summed E-state index contributed by atoms with van der Waals surface area (Å²) in [5.41, 5.74) is 0.955. The molecule has 0 aliphatic carbocycles. The Balaban J connectivity index is 1.77. The van der Waals surface area contributed by atoms with Crippen molar-refractivity contribution in [2.24, 2.45) is 4.99 Å². The summed E-state index contributed by atoms with van der Waals surface area (Å²) < 4.78 is 38.8. The molecular formula is C23H28N2O5S2. The fourth-order valence-electron chi connectivity index (χ4n) is 3.23. The zero-order chi connectivity index (χ0) is 23.0. The van der Waals surface area contributed by atoms with Gasteiger partial charge in [-0.2, -0.15) is 4.99 Å². The molecule has 0 aliphatic rings. The fourth-order valence-corrected chi connectivity index (χ4v) is 5.67. The van der Waals surface area contributed by atoms with Crippen LogP contribution in [0, 0.1) is 0 Å². The van der Waals surface area contributed by atoms with Crippen molar-refractivity contribution >= 4 is 37.3 Å². The quantitative estimate of drug-likeness (QED) is 0.393. The average Bonchev–Trinajstić information content (AvgIpc) is 3.11. The van der Waals surface area contributed by atoms with Crippen LogP contribution in [0.25, 0.3) is 10.2 Å². The molecule has 1 aromatic heterocycles.